The Hall–Kier alpha value is -4.76. The monoisotopic (exact) mass is 530 g/mol. The molecule has 198 valence electrons. The van der Waals surface area contributed by atoms with Crippen LogP contribution in [0.4, 0.5) is 0 Å². The van der Waals surface area contributed by atoms with Crippen LogP contribution in [0.15, 0.2) is 152 Å². The number of aliphatic hydroxyl groups is 2. The molecule has 7 rings (SSSR count). The van der Waals surface area contributed by atoms with Gasteiger partial charge in [-0.2, -0.15) is 0 Å². The van der Waals surface area contributed by atoms with Crippen LogP contribution < -0.4 is 0 Å². The Morgan fingerprint density at radius 2 is 0.732 bits per heavy atom. The largest absolute Gasteiger partial charge is 0.376 e. The van der Waals surface area contributed by atoms with Gasteiger partial charge in [0.25, 0.3) is 0 Å². The van der Waals surface area contributed by atoms with Crippen LogP contribution in [-0.4, -0.2) is 10.2 Å². The number of rotatable bonds is 4. The molecule has 0 saturated heterocycles. The van der Waals surface area contributed by atoms with Crippen molar-refractivity contribution in [2.45, 2.75) is 18.1 Å². The molecule has 2 nitrogen and oxygen atoms in total. The van der Waals surface area contributed by atoms with Gasteiger partial charge in [0, 0.05) is 0 Å². The van der Waals surface area contributed by atoms with E-state index < -0.39 is 11.2 Å². The standard InChI is InChI=1S/C39H30O2/c1-27-16-25-36-37(26-27)39(41,33-23-19-31(20-24-33)29-12-6-3-7-13-29)35-15-9-8-14-34(35)38(36,40)32-21-17-30(18-22-32)28-10-4-2-5-11-28/h2-26,40-41H,1H3. The maximum Gasteiger partial charge on any atom is 0.141 e. The second kappa shape index (κ2) is 9.71. The Bertz CT molecular complexity index is 1840. The van der Waals surface area contributed by atoms with Gasteiger partial charge in [0.2, 0.25) is 0 Å². The molecule has 2 heteroatoms. The zero-order chi connectivity index (χ0) is 28.0. The average Bonchev–Trinajstić information content (AvgIpc) is 3.04. The van der Waals surface area contributed by atoms with Crippen molar-refractivity contribution < 1.29 is 10.2 Å². The van der Waals surface area contributed by atoms with Gasteiger partial charge < -0.3 is 10.2 Å². The van der Waals surface area contributed by atoms with Crippen LogP contribution in [0.25, 0.3) is 22.3 Å². The summed E-state index contributed by atoms with van der Waals surface area (Å²) >= 11 is 0. The van der Waals surface area contributed by atoms with E-state index in [0.29, 0.717) is 22.3 Å². The minimum absolute atomic E-state index is 0.679. The van der Waals surface area contributed by atoms with Crippen molar-refractivity contribution in [1.29, 1.82) is 0 Å². The quantitative estimate of drug-likeness (QED) is 0.241. The van der Waals surface area contributed by atoms with Gasteiger partial charge in [-0.1, -0.05) is 157 Å². The third-order valence-electron chi connectivity index (χ3n) is 8.48. The van der Waals surface area contributed by atoms with E-state index in [1.54, 1.807) is 0 Å². The van der Waals surface area contributed by atoms with E-state index in [4.69, 9.17) is 0 Å². The summed E-state index contributed by atoms with van der Waals surface area (Å²) in [6, 6.07) is 50.4. The van der Waals surface area contributed by atoms with Crippen molar-refractivity contribution in [2.24, 2.45) is 0 Å². The fourth-order valence-corrected chi connectivity index (χ4v) is 6.37. The summed E-state index contributed by atoms with van der Waals surface area (Å²) in [6.45, 7) is 2.02. The molecule has 2 N–H and O–H groups in total. The van der Waals surface area contributed by atoms with Gasteiger partial charge in [0.15, 0.2) is 0 Å². The number of fused-ring (bicyclic) bond motifs is 2. The molecule has 0 aliphatic heterocycles. The Morgan fingerprint density at radius 3 is 1.20 bits per heavy atom. The van der Waals surface area contributed by atoms with Crippen molar-refractivity contribution in [1.82, 2.24) is 0 Å². The van der Waals surface area contributed by atoms with Crippen LogP contribution in [-0.2, 0) is 11.2 Å². The summed E-state index contributed by atoms with van der Waals surface area (Å²) < 4.78 is 0. The second-order valence-corrected chi connectivity index (χ2v) is 10.9. The molecule has 0 amide bonds. The van der Waals surface area contributed by atoms with Gasteiger partial charge >= 0.3 is 0 Å². The van der Waals surface area contributed by atoms with Crippen molar-refractivity contribution in [2.75, 3.05) is 0 Å². The van der Waals surface area contributed by atoms with Gasteiger partial charge in [-0.15, -0.1) is 0 Å². The van der Waals surface area contributed by atoms with Gasteiger partial charge in [0.05, 0.1) is 0 Å². The Labute approximate surface area is 240 Å². The zero-order valence-corrected chi connectivity index (χ0v) is 22.8. The second-order valence-electron chi connectivity index (χ2n) is 10.9. The fourth-order valence-electron chi connectivity index (χ4n) is 6.37. The van der Waals surface area contributed by atoms with Crippen LogP contribution in [0.2, 0.25) is 0 Å². The number of benzene rings is 6. The summed E-state index contributed by atoms with van der Waals surface area (Å²) in [4.78, 5) is 0. The highest BCUT2D eigenvalue weighted by Gasteiger charge is 2.50. The van der Waals surface area contributed by atoms with Crippen molar-refractivity contribution in [3.05, 3.63) is 191 Å². The summed E-state index contributed by atoms with van der Waals surface area (Å²) in [5, 5.41) is 25.6. The summed E-state index contributed by atoms with van der Waals surface area (Å²) in [5.41, 5.74) is 6.81. The van der Waals surface area contributed by atoms with E-state index in [1.165, 1.54) is 0 Å². The third kappa shape index (κ3) is 3.95. The van der Waals surface area contributed by atoms with Gasteiger partial charge in [-0.3, -0.25) is 0 Å². The van der Waals surface area contributed by atoms with Crippen LogP contribution in [0.5, 0.6) is 0 Å². The minimum atomic E-state index is -1.44. The lowest BCUT2D eigenvalue weighted by Crippen LogP contribution is -2.44. The smallest absolute Gasteiger partial charge is 0.141 e. The molecule has 0 saturated carbocycles. The maximum atomic E-state index is 12.8. The first-order valence-corrected chi connectivity index (χ1v) is 14.0. The highest BCUT2D eigenvalue weighted by molar-refractivity contribution is 5.69. The van der Waals surface area contributed by atoms with E-state index in [2.05, 4.69) is 48.5 Å². The van der Waals surface area contributed by atoms with Crippen LogP contribution in [0, 0.1) is 6.92 Å². The Morgan fingerprint density at radius 1 is 0.366 bits per heavy atom. The van der Waals surface area contributed by atoms with E-state index in [-0.39, 0.29) is 0 Å². The molecule has 6 aromatic rings. The number of hydrogen-bond acceptors (Lipinski definition) is 2. The lowest BCUT2D eigenvalue weighted by atomic mass is 9.63. The van der Waals surface area contributed by atoms with Gasteiger partial charge in [0.1, 0.15) is 11.2 Å². The molecule has 41 heavy (non-hydrogen) atoms. The average molecular weight is 531 g/mol. The summed E-state index contributed by atoms with van der Waals surface area (Å²) in [7, 11) is 0. The van der Waals surface area contributed by atoms with E-state index in [0.717, 1.165) is 38.9 Å². The summed E-state index contributed by atoms with van der Waals surface area (Å²) in [5.74, 6) is 0. The van der Waals surface area contributed by atoms with E-state index in [9.17, 15) is 10.2 Å². The molecule has 0 heterocycles. The SMILES string of the molecule is Cc1ccc2c(c1)C(O)(c1ccc(-c3ccccc3)cc1)c1ccccc1C2(O)c1ccc(-c2ccccc2)cc1. The van der Waals surface area contributed by atoms with E-state index in [1.807, 2.05) is 110 Å². The van der Waals surface area contributed by atoms with Crippen molar-refractivity contribution in [3.8, 4) is 22.3 Å². The molecule has 0 aromatic heterocycles. The van der Waals surface area contributed by atoms with Crippen molar-refractivity contribution >= 4 is 0 Å². The maximum absolute atomic E-state index is 12.8. The lowest BCUT2D eigenvalue weighted by Gasteiger charge is -2.45. The Balaban J connectivity index is 1.41. The molecule has 0 fully saturated rings. The molecule has 0 radical (unpaired) electrons. The van der Waals surface area contributed by atoms with Crippen LogP contribution in [0.1, 0.15) is 38.9 Å². The minimum Gasteiger partial charge on any atom is -0.376 e. The van der Waals surface area contributed by atoms with Crippen LogP contribution >= 0.6 is 0 Å². The molecule has 6 aromatic carbocycles. The zero-order valence-electron chi connectivity index (χ0n) is 22.8. The molecule has 1 aliphatic carbocycles. The van der Waals surface area contributed by atoms with Crippen LogP contribution in [0.3, 0.4) is 0 Å². The Kier molecular flexibility index (Phi) is 5.97. The van der Waals surface area contributed by atoms with Gasteiger partial charge in [-0.25, -0.2) is 0 Å². The summed E-state index contributed by atoms with van der Waals surface area (Å²) in [6.07, 6.45) is 0. The van der Waals surface area contributed by atoms with Crippen molar-refractivity contribution in [3.63, 3.8) is 0 Å². The molecular weight excluding hydrogens is 500 g/mol. The first-order valence-electron chi connectivity index (χ1n) is 14.0. The topological polar surface area (TPSA) is 40.5 Å². The highest BCUT2D eigenvalue weighted by atomic mass is 16.3. The molecule has 0 spiro atoms. The third-order valence-corrected chi connectivity index (χ3v) is 8.48. The normalized spacial score (nSPS) is 19.3. The number of aryl methyl sites for hydroxylation is 1. The number of hydrogen-bond donors (Lipinski definition) is 2. The molecule has 2 atom stereocenters. The predicted molar refractivity (Wildman–Crippen MR) is 166 cm³/mol. The van der Waals surface area contributed by atoms with E-state index >= 15 is 0 Å². The molecule has 0 bridgehead atoms. The first kappa shape index (κ1) is 25.2. The molecule has 1 aliphatic rings. The fraction of sp³-hybridized carbons (Fsp3) is 0.0769. The van der Waals surface area contributed by atoms with Gasteiger partial charge in [-0.05, 0) is 62.6 Å². The lowest BCUT2D eigenvalue weighted by molar-refractivity contribution is 0.0747. The first-order chi connectivity index (χ1) is 20.0. The molecular formula is C39H30O2. The predicted octanol–water partition coefficient (Wildman–Crippen LogP) is 8.21. The highest BCUT2D eigenvalue weighted by Crippen LogP contribution is 2.53. The molecule has 2 unspecified atom stereocenters.